The molecule has 0 radical (unpaired) electrons. The lowest BCUT2D eigenvalue weighted by Gasteiger charge is -2.14. The van der Waals surface area contributed by atoms with Gasteiger partial charge in [0.15, 0.2) is 0 Å². The van der Waals surface area contributed by atoms with Gasteiger partial charge in [-0.2, -0.15) is 0 Å². The standard InChI is InChI=1S/C9H14N4O3S/c1-12-7-10-11-9(12)17(15,16)6-8(14)13-4-2-3-5-13/h7H,2-6H2,1H3. The molecule has 2 heterocycles. The molecule has 1 aliphatic rings. The summed E-state index contributed by atoms with van der Waals surface area (Å²) in [4.78, 5) is 13.3. The van der Waals surface area contributed by atoms with Crippen molar-refractivity contribution in [3.8, 4) is 0 Å². The highest BCUT2D eigenvalue weighted by atomic mass is 32.2. The van der Waals surface area contributed by atoms with Crippen molar-refractivity contribution < 1.29 is 13.2 Å². The predicted molar refractivity (Wildman–Crippen MR) is 58.9 cm³/mol. The Morgan fingerprint density at radius 2 is 2.06 bits per heavy atom. The van der Waals surface area contributed by atoms with E-state index in [1.54, 1.807) is 4.90 Å². The molecular weight excluding hydrogens is 244 g/mol. The molecular formula is C9H14N4O3S. The third-order valence-electron chi connectivity index (χ3n) is 2.72. The highest BCUT2D eigenvalue weighted by molar-refractivity contribution is 7.91. The van der Waals surface area contributed by atoms with Crippen LogP contribution in [0, 0.1) is 0 Å². The molecule has 1 aromatic heterocycles. The van der Waals surface area contributed by atoms with Crippen LogP contribution >= 0.6 is 0 Å². The van der Waals surface area contributed by atoms with E-state index in [1.807, 2.05) is 0 Å². The number of carbonyl (C=O) groups is 1. The Balaban J connectivity index is 2.12. The third-order valence-corrected chi connectivity index (χ3v) is 4.27. The predicted octanol–water partition coefficient (Wildman–Crippen LogP) is -0.789. The van der Waals surface area contributed by atoms with Crippen LogP contribution in [0.2, 0.25) is 0 Å². The van der Waals surface area contributed by atoms with E-state index in [0.717, 1.165) is 12.8 Å². The number of carbonyl (C=O) groups excluding carboxylic acids is 1. The van der Waals surface area contributed by atoms with Gasteiger partial charge in [0.25, 0.3) is 0 Å². The Morgan fingerprint density at radius 1 is 1.41 bits per heavy atom. The molecule has 1 aromatic rings. The number of likely N-dealkylation sites (tertiary alicyclic amines) is 1. The maximum absolute atomic E-state index is 11.9. The molecule has 8 heteroatoms. The van der Waals surface area contributed by atoms with Crippen LogP contribution < -0.4 is 0 Å². The Morgan fingerprint density at radius 3 is 2.59 bits per heavy atom. The number of nitrogens with zero attached hydrogens (tertiary/aromatic N) is 4. The van der Waals surface area contributed by atoms with Crippen molar-refractivity contribution in [3.05, 3.63) is 6.33 Å². The first-order valence-corrected chi connectivity index (χ1v) is 7.00. The van der Waals surface area contributed by atoms with Gasteiger partial charge in [0.1, 0.15) is 12.1 Å². The van der Waals surface area contributed by atoms with Crippen molar-refractivity contribution in [3.63, 3.8) is 0 Å². The zero-order chi connectivity index (χ0) is 12.5. The molecule has 1 aliphatic heterocycles. The minimum absolute atomic E-state index is 0.162. The van der Waals surface area contributed by atoms with Gasteiger partial charge < -0.3 is 9.47 Å². The fraction of sp³-hybridized carbons (Fsp3) is 0.667. The van der Waals surface area contributed by atoms with Crippen LogP contribution in [0.15, 0.2) is 11.5 Å². The molecule has 0 bridgehead atoms. The molecule has 1 amide bonds. The number of amides is 1. The number of sulfone groups is 1. The number of aryl methyl sites for hydroxylation is 1. The van der Waals surface area contributed by atoms with E-state index in [-0.39, 0.29) is 11.1 Å². The largest absolute Gasteiger partial charge is 0.342 e. The molecule has 0 unspecified atom stereocenters. The van der Waals surface area contributed by atoms with Crippen LogP contribution in [0.4, 0.5) is 0 Å². The van der Waals surface area contributed by atoms with Gasteiger partial charge in [0, 0.05) is 20.1 Å². The summed E-state index contributed by atoms with van der Waals surface area (Å²) in [5.74, 6) is -0.884. The van der Waals surface area contributed by atoms with Crippen molar-refractivity contribution in [2.24, 2.45) is 7.05 Å². The van der Waals surface area contributed by atoms with Crippen LogP contribution in [-0.2, 0) is 21.7 Å². The van der Waals surface area contributed by atoms with Crippen LogP contribution in [0.3, 0.4) is 0 Å². The fourth-order valence-corrected chi connectivity index (χ4v) is 3.13. The first-order chi connectivity index (χ1) is 8.00. The van der Waals surface area contributed by atoms with Gasteiger partial charge in [-0.05, 0) is 12.8 Å². The van der Waals surface area contributed by atoms with Crippen molar-refractivity contribution in [2.45, 2.75) is 18.0 Å². The average Bonchev–Trinajstić information content (AvgIpc) is 2.85. The fourth-order valence-electron chi connectivity index (χ4n) is 1.84. The lowest BCUT2D eigenvalue weighted by Crippen LogP contribution is -2.33. The molecule has 0 atom stereocenters. The molecule has 0 saturated carbocycles. The van der Waals surface area contributed by atoms with Gasteiger partial charge in [0.2, 0.25) is 20.9 Å². The van der Waals surface area contributed by atoms with Crippen molar-refractivity contribution >= 4 is 15.7 Å². The van der Waals surface area contributed by atoms with Crippen molar-refractivity contribution in [1.29, 1.82) is 0 Å². The van der Waals surface area contributed by atoms with Gasteiger partial charge in [-0.3, -0.25) is 4.79 Å². The second-order valence-corrected chi connectivity index (χ2v) is 5.95. The second-order valence-electron chi connectivity index (χ2n) is 4.07. The number of rotatable bonds is 3. The van der Waals surface area contributed by atoms with E-state index in [1.165, 1.54) is 17.9 Å². The Kier molecular flexibility index (Phi) is 3.14. The minimum Gasteiger partial charge on any atom is -0.342 e. The Bertz CT molecular complexity index is 516. The second kappa shape index (κ2) is 4.44. The van der Waals surface area contributed by atoms with Gasteiger partial charge in [-0.25, -0.2) is 8.42 Å². The molecule has 1 fully saturated rings. The summed E-state index contributed by atoms with van der Waals surface area (Å²) < 4.78 is 25.1. The van der Waals surface area contributed by atoms with Gasteiger partial charge in [-0.15, -0.1) is 10.2 Å². The van der Waals surface area contributed by atoms with Gasteiger partial charge in [0.05, 0.1) is 0 Å². The van der Waals surface area contributed by atoms with Crippen molar-refractivity contribution in [1.82, 2.24) is 19.7 Å². The molecule has 7 nitrogen and oxygen atoms in total. The maximum atomic E-state index is 11.9. The number of hydrogen-bond acceptors (Lipinski definition) is 5. The lowest BCUT2D eigenvalue weighted by molar-refractivity contribution is -0.127. The van der Waals surface area contributed by atoms with Crippen molar-refractivity contribution in [2.75, 3.05) is 18.8 Å². The van der Waals surface area contributed by atoms with E-state index < -0.39 is 15.6 Å². The van der Waals surface area contributed by atoms with E-state index >= 15 is 0 Å². The Labute approximate surface area is 99.4 Å². The average molecular weight is 258 g/mol. The highest BCUT2D eigenvalue weighted by Crippen LogP contribution is 2.11. The minimum atomic E-state index is -3.69. The normalized spacial score (nSPS) is 16.4. The molecule has 1 saturated heterocycles. The summed E-state index contributed by atoms with van der Waals surface area (Å²) in [6.45, 7) is 1.29. The smallest absolute Gasteiger partial charge is 0.249 e. The maximum Gasteiger partial charge on any atom is 0.249 e. The number of aromatic nitrogens is 3. The summed E-state index contributed by atoms with van der Waals surface area (Å²) >= 11 is 0. The quantitative estimate of drug-likeness (QED) is 0.709. The monoisotopic (exact) mass is 258 g/mol. The summed E-state index contributed by atoms with van der Waals surface area (Å²) in [6, 6.07) is 0. The lowest BCUT2D eigenvalue weighted by atomic mass is 10.4. The van der Waals surface area contributed by atoms with Crippen LogP contribution in [0.5, 0.6) is 0 Å². The summed E-state index contributed by atoms with van der Waals surface area (Å²) in [7, 11) is -2.15. The van der Waals surface area contributed by atoms with Crippen LogP contribution in [0.1, 0.15) is 12.8 Å². The summed E-state index contributed by atoms with van der Waals surface area (Å²) in [5, 5.41) is 6.86. The molecule has 0 aliphatic carbocycles. The molecule has 0 N–H and O–H groups in total. The summed E-state index contributed by atoms with van der Waals surface area (Å²) in [6.07, 6.45) is 3.18. The zero-order valence-electron chi connectivity index (χ0n) is 9.53. The molecule has 0 aromatic carbocycles. The molecule has 0 spiro atoms. The first-order valence-electron chi connectivity index (χ1n) is 5.35. The van der Waals surface area contributed by atoms with Gasteiger partial charge in [-0.1, -0.05) is 0 Å². The topological polar surface area (TPSA) is 85.2 Å². The first kappa shape index (κ1) is 12.0. The van der Waals surface area contributed by atoms with E-state index in [0.29, 0.717) is 13.1 Å². The Hall–Kier alpha value is -1.44. The summed E-state index contributed by atoms with van der Waals surface area (Å²) in [5.41, 5.74) is 0. The van der Waals surface area contributed by atoms with E-state index in [9.17, 15) is 13.2 Å². The molecule has 94 valence electrons. The third kappa shape index (κ3) is 2.46. The molecule has 17 heavy (non-hydrogen) atoms. The van der Waals surface area contributed by atoms with E-state index in [4.69, 9.17) is 0 Å². The van der Waals surface area contributed by atoms with Gasteiger partial charge >= 0.3 is 0 Å². The SMILES string of the molecule is Cn1cnnc1S(=O)(=O)CC(=O)N1CCCC1. The van der Waals surface area contributed by atoms with E-state index in [2.05, 4.69) is 10.2 Å². The van der Waals surface area contributed by atoms with Crippen LogP contribution in [-0.4, -0.2) is 52.8 Å². The molecule has 2 rings (SSSR count). The number of hydrogen-bond donors (Lipinski definition) is 0. The highest BCUT2D eigenvalue weighted by Gasteiger charge is 2.28. The van der Waals surface area contributed by atoms with Crippen LogP contribution in [0.25, 0.3) is 0 Å². The zero-order valence-corrected chi connectivity index (χ0v) is 10.4.